The van der Waals surface area contributed by atoms with Crippen molar-refractivity contribution in [3.8, 4) is 0 Å². The van der Waals surface area contributed by atoms with Gasteiger partial charge in [0.15, 0.2) is 0 Å². The number of carbonyl (C=O) groups excluding carboxylic acids is 1. The quantitative estimate of drug-likeness (QED) is 0.664. The summed E-state index contributed by atoms with van der Waals surface area (Å²) >= 11 is 0. The SMILES string of the molecule is CCC1CCC(C(=O)C(CC)CC)CC1. The Labute approximate surface area is 94.6 Å². The summed E-state index contributed by atoms with van der Waals surface area (Å²) in [5.74, 6) is 2.20. The minimum atomic E-state index is 0.341. The summed E-state index contributed by atoms with van der Waals surface area (Å²) in [5.41, 5.74) is 0. The topological polar surface area (TPSA) is 17.1 Å². The second-order valence-corrected chi connectivity index (χ2v) is 5.04. The smallest absolute Gasteiger partial charge is 0.139 e. The Morgan fingerprint density at radius 3 is 2.00 bits per heavy atom. The van der Waals surface area contributed by atoms with Crippen LogP contribution in [0.2, 0.25) is 0 Å². The number of hydrogen-bond acceptors (Lipinski definition) is 1. The van der Waals surface area contributed by atoms with E-state index in [1.807, 2.05) is 0 Å². The monoisotopic (exact) mass is 210 g/mol. The molecule has 1 nitrogen and oxygen atoms in total. The zero-order valence-corrected chi connectivity index (χ0v) is 10.6. The van der Waals surface area contributed by atoms with Gasteiger partial charge < -0.3 is 0 Å². The lowest BCUT2D eigenvalue weighted by atomic mass is 9.75. The lowest BCUT2D eigenvalue weighted by Crippen LogP contribution is -2.27. The molecule has 0 unspecified atom stereocenters. The van der Waals surface area contributed by atoms with Crippen LogP contribution < -0.4 is 0 Å². The second kappa shape index (κ2) is 6.30. The third-order valence-electron chi connectivity index (χ3n) is 4.21. The van der Waals surface area contributed by atoms with Gasteiger partial charge in [0, 0.05) is 11.8 Å². The molecular weight excluding hydrogens is 184 g/mol. The Kier molecular flexibility index (Phi) is 5.35. The van der Waals surface area contributed by atoms with Gasteiger partial charge in [0.05, 0.1) is 0 Å². The molecule has 0 heterocycles. The lowest BCUT2D eigenvalue weighted by Gasteiger charge is -2.28. The van der Waals surface area contributed by atoms with Crippen molar-refractivity contribution in [2.45, 2.75) is 65.7 Å². The standard InChI is InChI=1S/C14H26O/c1-4-11-7-9-13(10-8-11)14(15)12(5-2)6-3/h11-13H,4-10H2,1-3H3. The average molecular weight is 210 g/mol. The summed E-state index contributed by atoms with van der Waals surface area (Å²) < 4.78 is 0. The van der Waals surface area contributed by atoms with Crippen molar-refractivity contribution in [1.29, 1.82) is 0 Å². The average Bonchev–Trinajstić information content (AvgIpc) is 2.30. The Bertz CT molecular complexity index is 186. The molecule has 0 aromatic heterocycles. The molecule has 15 heavy (non-hydrogen) atoms. The Balaban J connectivity index is 2.42. The van der Waals surface area contributed by atoms with E-state index < -0.39 is 0 Å². The molecule has 1 fully saturated rings. The van der Waals surface area contributed by atoms with Gasteiger partial charge in [-0.1, -0.05) is 27.2 Å². The molecule has 0 N–H and O–H groups in total. The van der Waals surface area contributed by atoms with Crippen LogP contribution in [0, 0.1) is 17.8 Å². The van der Waals surface area contributed by atoms with Gasteiger partial charge in [-0.3, -0.25) is 4.79 Å². The first-order valence-corrected chi connectivity index (χ1v) is 6.76. The highest BCUT2D eigenvalue weighted by Crippen LogP contribution is 2.33. The molecule has 0 amide bonds. The maximum Gasteiger partial charge on any atom is 0.139 e. The summed E-state index contributed by atoms with van der Waals surface area (Å²) in [6.07, 6.45) is 8.25. The number of carbonyl (C=O) groups is 1. The molecule has 1 rings (SSSR count). The molecule has 0 spiro atoms. The van der Waals surface area contributed by atoms with Crippen molar-refractivity contribution in [1.82, 2.24) is 0 Å². The molecule has 0 saturated heterocycles. The van der Waals surface area contributed by atoms with E-state index in [-0.39, 0.29) is 0 Å². The molecule has 0 bridgehead atoms. The molecule has 0 aliphatic heterocycles. The summed E-state index contributed by atoms with van der Waals surface area (Å²) in [4.78, 5) is 12.2. The number of Topliss-reactive ketones (excluding diaryl/α,β-unsaturated/α-hetero) is 1. The summed E-state index contributed by atoms with van der Waals surface area (Å²) in [7, 11) is 0. The van der Waals surface area contributed by atoms with Gasteiger partial charge in [-0.2, -0.15) is 0 Å². The maximum atomic E-state index is 12.2. The van der Waals surface area contributed by atoms with Gasteiger partial charge in [0.2, 0.25) is 0 Å². The summed E-state index contributed by atoms with van der Waals surface area (Å²) in [6, 6.07) is 0. The zero-order chi connectivity index (χ0) is 11.3. The van der Waals surface area contributed by atoms with Gasteiger partial charge in [-0.15, -0.1) is 0 Å². The zero-order valence-electron chi connectivity index (χ0n) is 10.6. The number of ketones is 1. The highest BCUT2D eigenvalue weighted by molar-refractivity contribution is 5.83. The maximum absolute atomic E-state index is 12.2. The number of hydrogen-bond donors (Lipinski definition) is 0. The van der Waals surface area contributed by atoms with E-state index in [1.54, 1.807) is 0 Å². The van der Waals surface area contributed by atoms with E-state index in [9.17, 15) is 4.79 Å². The van der Waals surface area contributed by atoms with Crippen LogP contribution >= 0.6 is 0 Å². The van der Waals surface area contributed by atoms with Crippen LogP contribution in [0.3, 0.4) is 0 Å². The fraction of sp³-hybridized carbons (Fsp3) is 0.929. The normalized spacial score (nSPS) is 26.9. The minimum absolute atomic E-state index is 0.341. The van der Waals surface area contributed by atoms with Crippen LogP contribution in [0.5, 0.6) is 0 Å². The molecule has 0 radical (unpaired) electrons. The molecular formula is C14H26O. The van der Waals surface area contributed by atoms with E-state index in [4.69, 9.17) is 0 Å². The van der Waals surface area contributed by atoms with Crippen molar-refractivity contribution < 1.29 is 4.79 Å². The first-order valence-electron chi connectivity index (χ1n) is 6.76. The van der Waals surface area contributed by atoms with Crippen molar-refractivity contribution in [2.24, 2.45) is 17.8 Å². The molecule has 1 heteroatoms. The number of rotatable bonds is 5. The first-order chi connectivity index (χ1) is 7.22. The van der Waals surface area contributed by atoms with Crippen LogP contribution in [0.15, 0.2) is 0 Å². The predicted octanol–water partition coefficient (Wildman–Crippen LogP) is 4.21. The highest BCUT2D eigenvalue weighted by Gasteiger charge is 2.28. The molecule has 88 valence electrons. The van der Waals surface area contributed by atoms with Crippen LogP contribution in [0.25, 0.3) is 0 Å². The van der Waals surface area contributed by atoms with Gasteiger partial charge in [-0.05, 0) is 44.4 Å². The van der Waals surface area contributed by atoms with Crippen LogP contribution in [-0.2, 0) is 4.79 Å². The van der Waals surface area contributed by atoms with Gasteiger partial charge in [0.1, 0.15) is 5.78 Å². The van der Waals surface area contributed by atoms with E-state index in [2.05, 4.69) is 20.8 Å². The summed E-state index contributed by atoms with van der Waals surface area (Å²) in [5, 5.41) is 0. The van der Waals surface area contributed by atoms with E-state index in [0.717, 1.165) is 31.6 Å². The molecule has 0 aromatic carbocycles. The van der Waals surface area contributed by atoms with E-state index >= 15 is 0 Å². The van der Waals surface area contributed by atoms with E-state index in [1.165, 1.54) is 19.3 Å². The Morgan fingerprint density at radius 2 is 1.60 bits per heavy atom. The third-order valence-corrected chi connectivity index (χ3v) is 4.21. The van der Waals surface area contributed by atoms with Crippen molar-refractivity contribution in [3.63, 3.8) is 0 Å². The highest BCUT2D eigenvalue weighted by atomic mass is 16.1. The first kappa shape index (κ1) is 12.7. The lowest BCUT2D eigenvalue weighted by molar-refractivity contribution is -0.128. The molecule has 0 atom stereocenters. The molecule has 1 aliphatic carbocycles. The predicted molar refractivity (Wildman–Crippen MR) is 64.8 cm³/mol. The molecule has 1 aliphatic rings. The van der Waals surface area contributed by atoms with Crippen LogP contribution in [0.4, 0.5) is 0 Å². The summed E-state index contributed by atoms with van der Waals surface area (Å²) in [6.45, 7) is 6.56. The fourth-order valence-electron chi connectivity index (χ4n) is 2.88. The Hall–Kier alpha value is -0.330. The van der Waals surface area contributed by atoms with Gasteiger partial charge >= 0.3 is 0 Å². The molecule has 0 aromatic rings. The van der Waals surface area contributed by atoms with Gasteiger partial charge in [-0.25, -0.2) is 0 Å². The fourth-order valence-corrected chi connectivity index (χ4v) is 2.88. The van der Waals surface area contributed by atoms with Crippen molar-refractivity contribution >= 4 is 5.78 Å². The van der Waals surface area contributed by atoms with E-state index in [0.29, 0.717) is 17.6 Å². The van der Waals surface area contributed by atoms with Crippen molar-refractivity contribution in [2.75, 3.05) is 0 Å². The molecule has 1 saturated carbocycles. The van der Waals surface area contributed by atoms with Gasteiger partial charge in [0.25, 0.3) is 0 Å². The third kappa shape index (κ3) is 3.32. The Morgan fingerprint density at radius 1 is 1.07 bits per heavy atom. The minimum Gasteiger partial charge on any atom is -0.299 e. The largest absolute Gasteiger partial charge is 0.299 e. The second-order valence-electron chi connectivity index (χ2n) is 5.04. The van der Waals surface area contributed by atoms with Crippen LogP contribution in [-0.4, -0.2) is 5.78 Å². The van der Waals surface area contributed by atoms with Crippen molar-refractivity contribution in [3.05, 3.63) is 0 Å². The van der Waals surface area contributed by atoms with Crippen LogP contribution in [0.1, 0.15) is 65.7 Å².